The summed E-state index contributed by atoms with van der Waals surface area (Å²) in [5, 5.41) is 3.50. The van der Waals surface area contributed by atoms with Gasteiger partial charge >= 0.3 is 0 Å². The minimum atomic E-state index is 0.588. The Bertz CT molecular complexity index is 201. The fourth-order valence-electron chi connectivity index (χ4n) is 3.40. The van der Waals surface area contributed by atoms with Crippen LogP contribution in [0, 0.1) is 5.41 Å². The second-order valence-electron chi connectivity index (χ2n) is 5.74. The molecule has 0 aromatic heterocycles. The smallest absolute Gasteiger partial charge is 0.0593 e. The second kappa shape index (κ2) is 6.72. The Balaban J connectivity index is 1.90. The van der Waals surface area contributed by atoms with E-state index in [9.17, 15) is 0 Å². The van der Waals surface area contributed by atoms with Gasteiger partial charge in [0.15, 0.2) is 0 Å². The van der Waals surface area contributed by atoms with Crippen molar-refractivity contribution in [3.63, 3.8) is 0 Å². The lowest BCUT2D eigenvalue weighted by Gasteiger charge is -2.41. The summed E-state index contributed by atoms with van der Waals surface area (Å²) in [7, 11) is 0. The van der Waals surface area contributed by atoms with Crippen LogP contribution < -0.4 is 5.32 Å². The van der Waals surface area contributed by atoms with Gasteiger partial charge in [0.2, 0.25) is 0 Å². The SMILES string of the molecule is CCCC1(CN2CCCOCC2)CCNCC1. The molecule has 0 unspecified atom stereocenters. The van der Waals surface area contributed by atoms with Gasteiger partial charge in [-0.3, -0.25) is 0 Å². The molecule has 2 aliphatic rings. The third-order valence-corrected chi connectivity index (χ3v) is 4.32. The maximum Gasteiger partial charge on any atom is 0.0593 e. The summed E-state index contributed by atoms with van der Waals surface area (Å²) in [6.45, 7) is 10.3. The van der Waals surface area contributed by atoms with Gasteiger partial charge in [0.05, 0.1) is 6.61 Å². The summed E-state index contributed by atoms with van der Waals surface area (Å²) >= 11 is 0. The topological polar surface area (TPSA) is 24.5 Å². The van der Waals surface area contributed by atoms with Crippen LogP contribution in [0.3, 0.4) is 0 Å². The van der Waals surface area contributed by atoms with Crippen LogP contribution in [0.4, 0.5) is 0 Å². The van der Waals surface area contributed by atoms with Crippen molar-refractivity contribution in [2.75, 3.05) is 45.9 Å². The lowest BCUT2D eigenvalue weighted by molar-refractivity contribution is 0.0926. The van der Waals surface area contributed by atoms with Crippen LogP contribution in [0.25, 0.3) is 0 Å². The van der Waals surface area contributed by atoms with Crippen molar-refractivity contribution in [1.82, 2.24) is 10.2 Å². The minimum Gasteiger partial charge on any atom is -0.380 e. The maximum atomic E-state index is 5.55. The van der Waals surface area contributed by atoms with Gasteiger partial charge in [-0.25, -0.2) is 0 Å². The molecule has 0 aromatic carbocycles. The van der Waals surface area contributed by atoms with Gasteiger partial charge in [0, 0.05) is 26.2 Å². The molecule has 2 heterocycles. The summed E-state index contributed by atoms with van der Waals surface area (Å²) in [5.41, 5.74) is 0.588. The Morgan fingerprint density at radius 1 is 1.18 bits per heavy atom. The van der Waals surface area contributed by atoms with Crippen molar-refractivity contribution in [3.05, 3.63) is 0 Å². The van der Waals surface area contributed by atoms with Crippen molar-refractivity contribution in [1.29, 1.82) is 0 Å². The van der Waals surface area contributed by atoms with Gasteiger partial charge in [0.1, 0.15) is 0 Å². The Hall–Kier alpha value is -0.120. The van der Waals surface area contributed by atoms with Crippen LogP contribution in [-0.2, 0) is 4.74 Å². The van der Waals surface area contributed by atoms with Gasteiger partial charge in [-0.05, 0) is 44.2 Å². The molecule has 100 valence electrons. The first-order valence-corrected chi connectivity index (χ1v) is 7.35. The number of piperidine rings is 1. The molecule has 0 radical (unpaired) electrons. The van der Waals surface area contributed by atoms with E-state index in [1.807, 2.05) is 0 Å². The van der Waals surface area contributed by atoms with E-state index >= 15 is 0 Å². The lowest BCUT2D eigenvalue weighted by atomic mass is 9.75. The van der Waals surface area contributed by atoms with Gasteiger partial charge in [-0.1, -0.05) is 13.3 Å². The molecule has 0 saturated carbocycles. The average Bonchev–Trinajstić information content (AvgIpc) is 2.59. The van der Waals surface area contributed by atoms with E-state index in [-0.39, 0.29) is 0 Å². The molecule has 0 aliphatic carbocycles. The Morgan fingerprint density at radius 2 is 2.00 bits per heavy atom. The fraction of sp³-hybridized carbons (Fsp3) is 1.00. The van der Waals surface area contributed by atoms with E-state index in [4.69, 9.17) is 4.74 Å². The fourth-order valence-corrected chi connectivity index (χ4v) is 3.40. The van der Waals surface area contributed by atoms with E-state index in [0.717, 1.165) is 19.8 Å². The zero-order valence-electron chi connectivity index (χ0n) is 11.3. The zero-order chi connectivity index (χ0) is 12.0. The Kier molecular flexibility index (Phi) is 5.26. The molecule has 2 saturated heterocycles. The van der Waals surface area contributed by atoms with Gasteiger partial charge in [-0.2, -0.15) is 0 Å². The molecule has 3 nitrogen and oxygen atoms in total. The maximum absolute atomic E-state index is 5.55. The lowest BCUT2D eigenvalue weighted by Crippen LogP contribution is -2.45. The van der Waals surface area contributed by atoms with E-state index in [2.05, 4.69) is 17.1 Å². The Labute approximate surface area is 106 Å². The van der Waals surface area contributed by atoms with Crippen molar-refractivity contribution in [2.24, 2.45) is 5.41 Å². The average molecular weight is 240 g/mol. The van der Waals surface area contributed by atoms with Gasteiger partial charge in [0.25, 0.3) is 0 Å². The number of hydrogen-bond acceptors (Lipinski definition) is 3. The van der Waals surface area contributed by atoms with Crippen LogP contribution in [0.15, 0.2) is 0 Å². The summed E-state index contributed by atoms with van der Waals surface area (Å²) in [4.78, 5) is 2.65. The standard InChI is InChI=1S/C14H28N2O/c1-2-4-14(5-7-15-8-6-14)13-16-9-3-11-17-12-10-16/h15H,2-13H2,1H3. The van der Waals surface area contributed by atoms with Crippen LogP contribution >= 0.6 is 0 Å². The van der Waals surface area contributed by atoms with Crippen molar-refractivity contribution in [2.45, 2.75) is 39.0 Å². The summed E-state index contributed by atoms with van der Waals surface area (Å²) in [6, 6.07) is 0. The molecule has 0 spiro atoms. The third-order valence-electron chi connectivity index (χ3n) is 4.32. The molecule has 17 heavy (non-hydrogen) atoms. The molecule has 0 aromatic rings. The number of nitrogens with one attached hydrogen (secondary N) is 1. The molecule has 0 amide bonds. The highest BCUT2D eigenvalue weighted by molar-refractivity contribution is 4.87. The van der Waals surface area contributed by atoms with Crippen LogP contribution in [0.5, 0.6) is 0 Å². The van der Waals surface area contributed by atoms with Crippen molar-refractivity contribution in [3.8, 4) is 0 Å². The largest absolute Gasteiger partial charge is 0.380 e. The molecule has 0 bridgehead atoms. The van der Waals surface area contributed by atoms with Crippen LogP contribution in [-0.4, -0.2) is 50.8 Å². The first-order chi connectivity index (χ1) is 8.35. The molecule has 0 atom stereocenters. The first-order valence-electron chi connectivity index (χ1n) is 7.35. The predicted octanol–water partition coefficient (Wildman–Crippen LogP) is 1.88. The summed E-state index contributed by atoms with van der Waals surface area (Å²) in [5.74, 6) is 0. The minimum absolute atomic E-state index is 0.588. The normalized spacial score (nSPS) is 26.6. The molecule has 2 rings (SSSR count). The molecule has 2 fully saturated rings. The highest BCUT2D eigenvalue weighted by Gasteiger charge is 2.32. The molecule has 2 aliphatic heterocycles. The molecular formula is C14H28N2O. The summed E-state index contributed by atoms with van der Waals surface area (Å²) in [6.07, 6.45) is 6.65. The second-order valence-corrected chi connectivity index (χ2v) is 5.74. The monoisotopic (exact) mass is 240 g/mol. The van der Waals surface area contributed by atoms with Gasteiger partial charge in [-0.15, -0.1) is 0 Å². The van der Waals surface area contributed by atoms with E-state index in [1.165, 1.54) is 58.3 Å². The predicted molar refractivity (Wildman–Crippen MR) is 71.3 cm³/mol. The third kappa shape index (κ3) is 3.94. The first kappa shape index (κ1) is 13.3. The number of ether oxygens (including phenoxy) is 1. The van der Waals surface area contributed by atoms with E-state index < -0.39 is 0 Å². The number of rotatable bonds is 4. The highest BCUT2D eigenvalue weighted by Crippen LogP contribution is 2.35. The van der Waals surface area contributed by atoms with E-state index in [1.54, 1.807) is 0 Å². The van der Waals surface area contributed by atoms with Crippen LogP contribution in [0.1, 0.15) is 39.0 Å². The number of nitrogens with zero attached hydrogens (tertiary/aromatic N) is 1. The van der Waals surface area contributed by atoms with Gasteiger partial charge < -0.3 is 15.0 Å². The molecule has 1 N–H and O–H groups in total. The molecular weight excluding hydrogens is 212 g/mol. The summed E-state index contributed by atoms with van der Waals surface area (Å²) < 4.78 is 5.55. The molecule has 3 heteroatoms. The van der Waals surface area contributed by atoms with Crippen molar-refractivity contribution < 1.29 is 4.74 Å². The van der Waals surface area contributed by atoms with E-state index in [0.29, 0.717) is 5.41 Å². The Morgan fingerprint density at radius 3 is 2.76 bits per heavy atom. The highest BCUT2D eigenvalue weighted by atomic mass is 16.5. The number of hydrogen-bond donors (Lipinski definition) is 1. The zero-order valence-corrected chi connectivity index (χ0v) is 11.3. The van der Waals surface area contributed by atoms with Crippen LogP contribution in [0.2, 0.25) is 0 Å². The quantitative estimate of drug-likeness (QED) is 0.812. The van der Waals surface area contributed by atoms with Crippen molar-refractivity contribution >= 4 is 0 Å².